The van der Waals surface area contributed by atoms with Gasteiger partial charge in [-0.3, -0.25) is 4.79 Å². The van der Waals surface area contributed by atoms with E-state index in [1.807, 2.05) is 0 Å². The Bertz CT molecular complexity index is 459. The second-order valence-electron chi connectivity index (χ2n) is 4.08. The molecule has 0 heterocycles. The summed E-state index contributed by atoms with van der Waals surface area (Å²) in [4.78, 5) is 11.6. The molecular weight excluding hydrogens is 261 g/mol. The molecule has 1 unspecified atom stereocenters. The Morgan fingerprint density at radius 3 is 2.47 bits per heavy atom. The van der Waals surface area contributed by atoms with Crippen molar-refractivity contribution >= 4 is 11.6 Å². The first-order valence-electron chi connectivity index (χ1n) is 5.59. The van der Waals surface area contributed by atoms with Crippen LogP contribution in [-0.4, -0.2) is 24.2 Å². The number of nitrogens with one attached hydrogen (secondary N) is 1. The topological polar surface area (TPSA) is 64.3 Å². The van der Waals surface area contributed by atoms with Crippen molar-refractivity contribution in [1.29, 1.82) is 0 Å². The molecule has 0 radical (unpaired) electrons. The summed E-state index contributed by atoms with van der Waals surface area (Å²) >= 11 is 0. The number of rotatable bonds is 4. The average molecular weight is 276 g/mol. The monoisotopic (exact) mass is 276 g/mol. The molecule has 0 aromatic heterocycles. The summed E-state index contributed by atoms with van der Waals surface area (Å²) in [7, 11) is 0. The molecule has 4 nitrogen and oxygen atoms in total. The Morgan fingerprint density at radius 1 is 1.37 bits per heavy atom. The van der Waals surface area contributed by atoms with Crippen LogP contribution >= 0.6 is 0 Å². The highest BCUT2D eigenvalue weighted by Gasteiger charge is 2.54. The predicted octanol–water partition coefficient (Wildman–Crippen LogP) is 2.30. The van der Waals surface area contributed by atoms with Gasteiger partial charge in [0.1, 0.15) is 5.75 Å². The highest BCUT2D eigenvalue weighted by atomic mass is 19.4. The fourth-order valence-electron chi connectivity index (χ4n) is 1.23. The van der Waals surface area contributed by atoms with E-state index in [-0.39, 0.29) is 11.4 Å². The van der Waals surface area contributed by atoms with Gasteiger partial charge in [0.05, 0.1) is 12.3 Å². The smallest absolute Gasteiger partial charge is 0.415 e. The minimum atomic E-state index is -4.84. The normalized spacial score (nSPS) is 14.6. The number of ether oxygens (including phenoxy) is 1. The van der Waals surface area contributed by atoms with Gasteiger partial charge in [0, 0.05) is 0 Å². The van der Waals surface area contributed by atoms with Crippen molar-refractivity contribution in [3.8, 4) is 5.75 Å². The molecule has 0 bridgehead atoms. The van der Waals surface area contributed by atoms with Crippen LogP contribution in [0.25, 0.3) is 0 Å². The van der Waals surface area contributed by atoms with Crippen molar-refractivity contribution in [2.45, 2.75) is 25.6 Å². The molecule has 1 atom stereocenters. The summed E-state index contributed by atoms with van der Waals surface area (Å²) in [5, 5.41) is 2.13. The number of hydrogen-bond acceptors (Lipinski definition) is 3. The van der Waals surface area contributed by atoms with Crippen LogP contribution in [0, 0.1) is 0 Å². The van der Waals surface area contributed by atoms with Gasteiger partial charge in [0.2, 0.25) is 0 Å². The average Bonchev–Trinajstić information content (AvgIpc) is 2.30. The van der Waals surface area contributed by atoms with Gasteiger partial charge >= 0.3 is 6.18 Å². The van der Waals surface area contributed by atoms with Crippen LogP contribution < -0.4 is 15.8 Å². The maximum absolute atomic E-state index is 12.6. The zero-order valence-electron chi connectivity index (χ0n) is 10.5. The van der Waals surface area contributed by atoms with Gasteiger partial charge in [-0.1, -0.05) is 12.1 Å². The number of nitrogens with two attached hydrogens (primary N) is 1. The quantitative estimate of drug-likeness (QED) is 0.887. The number of hydrogen-bond donors (Lipinski definition) is 2. The van der Waals surface area contributed by atoms with Gasteiger partial charge in [-0.05, 0) is 26.0 Å². The standard InChI is InChI=1S/C12H15F3N2O2/c1-3-19-9-7-5-4-6-8(9)17-10(18)11(2,16)12(13,14)15/h4-7H,3,16H2,1-2H3,(H,17,18). The lowest BCUT2D eigenvalue weighted by atomic mass is 10.0. The molecule has 19 heavy (non-hydrogen) atoms. The molecule has 0 aliphatic carbocycles. The van der Waals surface area contributed by atoms with Crippen molar-refractivity contribution < 1.29 is 22.7 Å². The molecule has 0 saturated carbocycles. The van der Waals surface area contributed by atoms with Gasteiger partial charge in [0.15, 0.2) is 5.54 Å². The molecule has 106 valence electrons. The first-order valence-corrected chi connectivity index (χ1v) is 5.59. The van der Waals surface area contributed by atoms with Gasteiger partial charge in [-0.15, -0.1) is 0 Å². The van der Waals surface area contributed by atoms with Crippen molar-refractivity contribution in [2.24, 2.45) is 5.73 Å². The number of benzene rings is 1. The van der Waals surface area contributed by atoms with Crippen LogP contribution in [0.2, 0.25) is 0 Å². The zero-order valence-corrected chi connectivity index (χ0v) is 10.5. The predicted molar refractivity (Wildman–Crippen MR) is 64.9 cm³/mol. The van der Waals surface area contributed by atoms with Crippen molar-refractivity contribution in [1.82, 2.24) is 0 Å². The first-order chi connectivity index (χ1) is 8.70. The fraction of sp³-hybridized carbons (Fsp3) is 0.417. The number of anilines is 1. The number of halogens is 3. The van der Waals surface area contributed by atoms with E-state index >= 15 is 0 Å². The summed E-state index contributed by atoms with van der Waals surface area (Å²) in [6, 6.07) is 6.20. The minimum absolute atomic E-state index is 0.148. The van der Waals surface area contributed by atoms with Crippen LogP contribution in [0.3, 0.4) is 0 Å². The third-order valence-corrected chi connectivity index (χ3v) is 2.50. The third-order valence-electron chi connectivity index (χ3n) is 2.50. The summed E-state index contributed by atoms with van der Waals surface area (Å²) in [6.07, 6.45) is -4.84. The third kappa shape index (κ3) is 3.37. The van der Waals surface area contributed by atoms with Gasteiger partial charge in [-0.2, -0.15) is 13.2 Å². The van der Waals surface area contributed by atoms with E-state index in [1.165, 1.54) is 6.07 Å². The van der Waals surface area contributed by atoms with E-state index in [1.54, 1.807) is 25.1 Å². The van der Waals surface area contributed by atoms with E-state index in [0.717, 1.165) is 0 Å². The summed E-state index contributed by atoms with van der Waals surface area (Å²) in [6.45, 7) is 2.67. The molecule has 0 saturated heterocycles. The first kappa shape index (κ1) is 15.3. The SMILES string of the molecule is CCOc1ccccc1NC(=O)C(C)(N)C(F)(F)F. The van der Waals surface area contributed by atoms with Crippen LogP contribution in [0.4, 0.5) is 18.9 Å². The summed E-state index contributed by atoms with van der Waals surface area (Å²) < 4.78 is 43.1. The molecule has 1 amide bonds. The maximum atomic E-state index is 12.6. The van der Waals surface area contributed by atoms with Gasteiger partial charge in [-0.25, -0.2) is 0 Å². The van der Waals surface area contributed by atoms with E-state index in [2.05, 4.69) is 5.32 Å². The van der Waals surface area contributed by atoms with Crippen LogP contribution in [-0.2, 0) is 4.79 Å². The number of carbonyl (C=O) groups is 1. The van der Waals surface area contributed by atoms with Crippen LogP contribution in [0.5, 0.6) is 5.75 Å². The van der Waals surface area contributed by atoms with E-state index in [9.17, 15) is 18.0 Å². The number of amides is 1. The second kappa shape index (κ2) is 5.48. The second-order valence-corrected chi connectivity index (χ2v) is 4.08. The fourth-order valence-corrected chi connectivity index (χ4v) is 1.23. The number of alkyl halides is 3. The van der Waals surface area contributed by atoms with Gasteiger partial charge < -0.3 is 15.8 Å². The Hall–Kier alpha value is -1.76. The lowest BCUT2D eigenvalue weighted by molar-refractivity contribution is -0.184. The van der Waals surface area contributed by atoms with Crippen molar-refractivity contribution in [3.63, 3.8) is 0 Å². The maximum Gasteiger partial charge on any atom is 0.415 e. The van der Waals surface area contributed by atoms with Crippen LogP contribution in [0.15, 0.2) is 24.3 Å². The largest absolute Gasteiger partial charge is 0.492 e. The molecule has 0 spiro atoms. The molecule has 0 aliphatic rings. The highest BCUT2D eigenvalue weighted by Crippen LogP contribution is 2.30. The lowest BCUT2D eigenvalue weighted by Crippen LogP contribution is -2.59. The van der Waals surface area contributed by atoms with Crippen molar-refractivity contribution in [2.75, 3.05) is 11.9 Å². The van der Waals surface area contributed by atoms with Gasteiger partial charge in [0.25, 0.3) is 5.91 Å². The van der Waals surface area contributed by atoms with Crippen molar-refractivity contribution in [3.05, 3.63) is 24.3 Å². The van der Waals surface area contributed by atoms with E-state index in [0.29, 0.717) is 13.5 Å². The Kier molecular flexibility index (Phi) is 4.41. The Labute approximate surface area is 108 Å². The Morgan fingerprint density at radius 2 is 1.95 bits per heavy atom. The van der Waals surface area contributed by atoms with Crippen LogP contribution in [0.1, 0.15) is 13.8 Å². The molecular formula is C12H15F3N2O2. The molecule has 7 heteroatoms. The lowest BCUT2D eigenvalue weighted by Gasteiger charge is -2.26. The summed E-state index contributed by atoms with van der Waals surface area (Å²) in [5.41, 5.74) is 2.21. The molecule has 1 rings (SSSR count). The molecule has 3 N–H and O–H groups in total. The molecule has 0 fully saturated rings. The number of para-hydroxylation sites is 2. The zero-order chi connectivity index (χ0) is 14.7. The summed E-state index contributed by atoms with van der Waals surface area (Å²) in [5.74, 6) is -1.05. The Balaban J connectivity index is 2.94. The minimum Gasteiger partial charge on any atom is -0.492 e. The van der Waals surface area contributed by atoms with E-state index in [4.69, 9.17) is 10.5 Å². The molecule has 1 aromatic carbocycles. The molecule has 1 aromatic rings. The van der Waals surface area contributed by atoms with E-state index < -0.39 is 17.6 Å². The highest BCUT2D eigenvalue weighted by molar-refractivity contribution is 5.99. The molecule has 0 aliphatic heterocycles. The number of carbonyl (C=O) groups excluding carboxylic acids is 1.